The van der Waals surface area contributed by atoms with E-state index in [2.05, 4.69) is 29.2 Å². The molecule has 1 aliphatic heterocycles. The zero-order valence-corrected chi connectivity index (χ0v) is 18.1. The third-order valence-electron chi connectivity index (χ3n) is 5.44. The molecule has 1 aliphatic rings. The van der Waals surface area contributed by atoms with Gasteiger partial charge >= 0.3 is 0 Å². The van der Waals surface area contributed by atoms with Crippen molar-refractivity contribution >= 4 is 22.2 Å². The second-order valence-corrected chi connectivity index (χ2v) is 10.0. The smallest absolute Gasteiger partial charge is 0.148 e. The Morgan fingerprint density at radius 2 is 1.61 bits per heavy atom. The number of halogens is 2. The van der Waals surface area contributed by atoms with Crippen LogP contribution in [-0.4, -0.2) is 38.4 Å². The molecule has 1 fully saturated rings. The van der Waals surface area contributed by atoms with Crippen molar-refractivity contribution in [2.24, 2.45) is 0 Å². The summed E-state index contributed by atoms with van der Waals surface area (Å²) in [6.07, 6.45) is 3.47. The van der Waals surface area contributed by atoms with Gasteiger partial charge in [-0.1, -0.05) is 43.3 Å². The van der Waals surface area contributed by atoms with Crippen molar-refractivity contribution < 1.29 is 12.8 Å². The van der Waals surface area contributed by atoms with Crippen molar-refractivity contribution in [1.82, 2.24) is 4.90 Å². The quantitative estimate of drug-likeness (QED) is 0.668. The molecule has 3 nitrogen and oxygen atoms in total. The molecule has 0 bridgehead atoms. The van der Waals surface area contributed by atoms with Gasteiger partial charge in [-0.05, 0) is 66.6 Å². The number of hydrogen-bond acceptors (Lipinski definition) is 3. The summed E-state index contributed by atoms with van der Waals surface area (Å²) in [6, 6.07) is 15.2. The zero-order valence-electron chi connectivity index (χ0n) is 16.5. The normalized spacial score (nSPS) is 17.1. The van der Waals surface area contributed by atoms with Crippen LogP contribution in [0.5, 0.6) is 0 Å². The molecule has 0 N–H and O–H groups in total. The average molecular weight is 426 g/mol. The maximum atomic E-state index is 13.1. The fraction of sp³-hybridized carbons (Fsp3) is 0.455. The third kappa shape index (κ3) is 6.57. The number of rotatable bonds is 6. The number of benzene rings is 2. The van der Waals surface area contributed by atoms with Crippen LogP contribution in [0.4, 0.5) is 4.39 Å². The van der Waals surface area contributed by atoms with Crippen LogP contribution in [0.2, 0.25) is 0 Å². The number of sulfone groups is 1. The summed E-state index contributed by atoms with van der Waals surface area (Å²) in [5.41, 5.74) is 3.56. The fourth-order valence-corrected chi connectivity index (χ4v) is 5.02. The summed E-state index contributed by atoms with van der Waals surface area (Å²) in [7, 11) is -2.96. The summed E-state index contributed by atoms with van der Waals surface area (Å²) in [5.74, 6) is 0.538. The van der Waals surface area contributed by atoms with Crippen LogP contribution in [0, 0.1) is 5.82 Å². The van der Waals surface area contributed by atoms with E-state index in [0.717, 1.165) is 38.0 Å². The fourth-order valence-electron chi connectivity index (χ4n) is 3.92. The summed E-state index contributed by atoms with van der Waals surface area (Å²) < 4.78 is 36.0. The van der Waals surface area contributed by atoms with Crippen LogP contribution in [0.25, 0.3) is 0 Å². The van der Waals surface area contributed by atoms with Crippen molar-refractivity contribution in [2.45, 2.75) is 38.1 Å². The highest BCUT2D eigenvalue weighted by molar-refractivity contribution is 7.90. The Balaban J connectivity index is 0.00000280. The van der Waals surface area contributed by atoms with Gasteiger partial charge < -0.3 is 0 Å². The summed E-state index contributed by atoms with van der Waals surface area (Å²) >= 11 is 0. The van der Waals surface area contributed by atoms with E-state index in [1.54, 1.807) is 12.1 Å². The molecule has 1 atom stereocenters. The molecule has 0 aliphatic carbocycles. The maximum Gasteiger partial charge on any atom is 0.148 e. The van der Waals surface area contributed by atoms with Gasteiger partial charge in [0.05, 0.1) is 5.75 Å². The van der Waals surface area contributed by atoms with E-state index < -0.39 is 9.84 Å². The van der Waals surface area contributed by atoms with Crippen LogP contribution in [0.3, 0.4) is 0 Å². The summed E-state index contributed by atoms with van der Waals surface area (Å²) in [5, 5.41) is 0. The highest BCUT2D eigenvalue weighted by Crippen LogP contribution is 2.29. The van der Waals surface area contributed by atoms with Crippen molar-refractivity contribution in [3.8, 4) is 0 Å². The lowest BCUT2D eigenvalue weighted by Crippen LogP contribution is -2.32. The minimum atomic E-state index is -2.96. The molecule has 154 valence electrons. The lowest BCUT2D eigenvalue weighted by molar-refractivity contribution is 0.204. The van der Waals surface area contributed by atoms with Gasteiger partial charge in [-0.3, -0.25) is 4.90 Å². The number of hydrogen-bond donors (Lipinski definition) is 0. The van der Waals surface area contributed by atoms with Crippen LogP contribution in [0.1, 0.15) is 48.3 Å². The van der Waals surface area contributed by atoms with Gasteiger partial charge in [0.2, 0.25) is 0 Å². The molecule has 6 heteroatoms. The predicted octanol–water partition coefficient (Wildman–Crippen LogP) is 4.78. The van der Waals surface area contributed by atoms with E-state index in [9.17, 15) is 12.8 Å². The van der Waals surface area contributed by atoms with Crippen LogP contribution in [0.15, 0.2) is 48.5 Å². The monoisotopic (exact) mass is 425 g/mol. The van der Waals surface area contributed by atoms with Gasteiger partial charge in [-0.25, -0.2) is 12.8 Å². The number of likely N-dealkylation sites (tertiary alicyclic amines) is 1. The van der Waals surface area contributed by atoms with E-state index in [0.29, 0.717) is 5.92 Å². The first kappa shape index (κ1) is 22.9. The van der Waals surface area contributed by atoms with E-state index in [4.69, 9.17) is 0 Å². The Kier molecular flexibility index (Phi) is 8.05. The lowest BCUT2D eigenvalue weighted by Gasteiger charge is -2.32. The molecular formula is C22H29ClFNO2S. The molecule has 2 aromatic rings. The Bertz CT molecular complexity index is 845. The molecule has 0 saturated carbocycles. The van der Waals surface area contributed by atoms with E-state index in [1.807, 2.05) is 19.1 Å². The van der Waals surface area contributed by atoms with Gasteiger partial charge in [-0.15, -0.1) is 12.4 Å². The molecule has 3 rings (SSSR count). The van der Waals surface area contributed by atoms with Crippen molar-refractivity contribution in [3.63, 3.8) is 0 Å². The Hall–Kier alpha value is -1.43. The second kappa shape index (κ2) is 9.86. The van der Waals surface area contributed by atoms with Gasteiger partial charge in [0, 0.05) is 12.8 Å². The van der Waals surface area contributed by atoms with Crippen LogP contribution in [-0.2, 0) is 16.4 Å². The van der Waals surface area contributed by atoms with Gasteiger partial charge in [-0.2, -0.15) is 0 Å². The molecule has 0 amide bonds. The van der Waals surface area contributed by atoms with Crippen molar-refractivity contribution in [2.75, 3.05) is 25.1 Å². The Labute approximate surface area is 174 Å². The lowest BCUT2D eigenvalue weighted by atomic mass is 9.89. The Morgan fingerprint density at radius 1 is 1.04 bits per heavy atom. The first-order chi connectivity index (χ1) is 12.8. The van der Waals surface area contributed by atoms with E-state index >= 15 is 0 Å². The summed E-state index contributed by atoms with van der Waals surface area (Å²) in [4.78, 5) is 2.45. The van der Waals surface area contributed by atoms with E-state index in [1.165, 1.54) is 17.4 Å². The first-order valence-corrected chi connectivity index (χ1v) is 11.6. The van der Waals surface area contributed by atoms with Crippen LogP contribution >= 0.6 is 12.4 Å². The molecule has 1 saturated heterocycles. The van der Waals surface area contributed by atoms with Crippen LogP contribution < -0.4 is 0 Å². The Morgan fingerprint density at radius 3 is 2.14 bits per heavy atom. The standard InChI is InChI=1S/C22H28FNO2S.ClH/c1-17(16-27(2,25)26)19-5-3-18(4-6-19)15-24-13-11-21(12-14-24)20-7-9-22(23)10-8-20;/h3-10,17,21H,11-16H2,1-2H3;1H/t17-;/m0./s1. The molecule has 1 heterocycles. The molecule has 0 radical (unpaired) electrons. The molecular weight excluding hydrogens is 397 g/mol. The van der Waals surface area contributed by atoms with Gasteiger partial charge in [0.1, 0.15) is 15.7 Å². The van der Waals surface area contributed by atoms with Crippen molar-refractivity contribution in [3.05, 3.63) is 71.0 Å². The molecule has 0 spiro atoms. The minimum absolute atomic E-state index is 0. The highest BCUT2D eigenvalue weighted by Gasteiger charge is 2.21. The largest absolute Gasteiger partial charge is 0.299 e. The number of piperidine rings is 1. The highest BCUT2D eigenvalue weighted by atomic mass is 35.5. The molecule has 28 heavy (non-hydrogen) atoms. The first-order valence-electron chi connectivity index (χ1n) is 9.54. The second-order valence-electron chi connectivity index (χ2n) is 7.84. The third-order valence-corrected chi connectivity index (χ3v) is 6.54. The zero-order chi connectivity index (χ0) is 19.4. The van der Waals surface area contributed by atoms with Crippen molar-refractivity contribution in [1.29, 1.82) is 0 Å². The predicted molar refractivity (Wildman–Crippen MR) is 115 cm³/mol. The van der Waals surface area contributed by atoms with Gasteiger partial charge in [0.15, 0.2) is 0 Å². The SMILES string of the molecule is C[C@@H](CS(C)(=O)=O)c1ccc(CN2CCC(c3ccc(F)cc3)CC2)cc1.Cl. The molecule has 0 unspecified atom stereocenters. The molecule has 2 aromatic carbocycles. The van der Waals surface area contributed by atoms with Gasteiger partial charge in [0.25, 0.3) is 0 Å². The molecule has 0 aromatic heterocycles. The maximum absolute atomic E-state index is 13.1. The topological polar surface area (TPSA) is 37.4 Å². The average Bonchev–Trinajstić information content (AvgIpc) is 2.62. The number of nitrogens with zero attached hydrogens (tertiary/aromatic N) is 1. The summed E-state index contributed by atoms with van der Waals surface area (Å²) in [6.45, 7) is 4.94. The van der Waals surface area contributed by atoms with E-state index in [-0.39, 0.29) is 29.9 Å². The minimum Gasteiger partial charge on any atom is -0.299 e.